The molecule has 0 atom stereocenters. The molecule has 0 saturated carbocycles. The molecule has 0 aliphatic rings. The van der Waals surface area contributed by atoms with E-state index in [0.29, 0.717) is 0 Å². The first-order valence-electron chi connectivity index (χ1n) is 2.37. The van der Waals surface area contributed by atoms with Crippen molar-refractivity contribution in [3.63, 3.8) is 0 Å². The van der Waals surface area contributed by atoms with Gasteiger partial charge in [-0.15, -0.1) is 0 Å². The van der Waals surface area contributed by atoms with Crippen molar-refractivity contribution in [3.8, 4) is 0 Å². The maximum Gasteiger partial charge on any atom is 0.0188 e. The minimum absolute atomic E-state index is 1.14. The molecule has 2 N–H and O–H groups in total. The van der Waals surface area contributed by atoms with Crippen LogP contribution in [0.3, 0.4) is 0 Å². The molecule has 0 aromatic rings. The van der Waals surface area contributed by atoms with Crippen LogP contribution < -0.4 is 10.9 Å². The molecule has 7 heavy (non-hydrogen) atoms. The summed E-state index contributed by atoms with van der Waals surface area (Å²) in [5, 5.41) is 0. The molecule has 2 nitrogen and oxygen atoms in total. The van der Waals surface area contributed by atoms with Crippen molar-refractivity contribution in [2.45, 2.75) is 13.8 Å². The van der Waals surface area contributed by atoms with Gasteiger partial charge < -0.3 is 5.43 Å². The third-order valence-corrected chi connectivity index (χ3v) is 0.755. The molecule has 0 spiro atoms. The monoisotopic (exact) mass is 100 g/mol. The topological polar surface area (TPSA) is 24.1 Å². The lowest BCUT2D eigenvalue weighted by Crippen LogP contribution is -2.24. The van der Waals surface area contributed by atoms with Crippen molar-refractivity contribution in [2.24, 2.45) is 0 Å². The Morgan fingerprint density at radius 3 is 2.29 bits per heavy atom. The molecule has 42 valence electrons. The molecule has 0 saturated heterocycles. The van der Waals surface area contributed by atoms with Gasteiger partial charge in [-0.25, -0.2) is 5.43 Å². The molecule has 2 heteroatoms. The molecular formula is C5H12N2. The molecular weight excluding hydrogens is 88.1 g/mol. The number of rotatable bonds is 2. The highest BCUT2D eigenvalue weighted by molar-refractivity contribution is 4.89. The average Bonchev–Trinajstić information content (AvgIpc) is 1.68. The normalized spacial score (nSPS) is 11.6. The summed E-state index contributed by atoms with van der Waals surface area (Å²) in [5.74, 6) is 0. The summed E-state index contributed by atoms with van der Waals surface area (Å²) < 4.78 is 0. The van der Waals surface area contributed by atoms with E-state index < -0.39 is 0 Å². The van der Waals surface area contributed by atoms with Gasteiger partial charge in [0.05, 0.1) is 0 Å². The zero-order valence-corrected chi connectivity index (χ0v) is 5.08. The fourth-order valence-electron chi connectivity index (χ4n) is 0.269. The Morgan fingerprint density at radius 2 is 2.14 bits per heavy atom. The van der Waals surface area contributed by atoms with E-state index in [-0.39, 0.29) is 0 Å². The Bertz CT molecular complexity index is 66.5. The van der Waals surface area contributed by atoms with Crippen LogP contribution in [0.5, 0.6) is 0 Å². The Balaban J connectivity index is 3.17. The zero-order chi connectivity index (χ0) is 5.70. The smallest absolute Gasteiger partial charge is 0.0188 e. The van der Waals surface area contributed by atoms with Crippen molar-refractivity contribution < 1.29 is 0 Å². The van der Waals surface area contributed by atoms with Crippen LogP contribution >= 0.6 is 0 Å². The zero-order valence-electron chi connectivity index (χ0n) is 5.08. The van der Waals surface area contributed by atoms with Crippen LogP contribution in [-0.4, -0.2) is 7.05 Å². The molecule has 0 unspecified atom stereocenters. The van der Waals surface area contributed by atoms with Crippen LogP contribution in [0.1, 0.15) is 13.8 Å². The summed E-state index contributed by atoms with van der Waals surface area (Å²) in [5.41, 5.74) is 6.85. The van der Waals surface area contributed by atoms with Crippen LogP contribution in [0.15, 0.2) is 11.8 Å². The van der Waals surface area contributed by atoms with E-state index in [1.165, 1.54) is 0 Å². The summed E-state index contributed by atoms with van der Waals surface area (Å²) in [4.78, 5) is 0. The third kappa shape index (κ3) is 3.33. The SMILES string of the molecule is CC=C(C)NNC. The van der Waals surface area contributed by atoms with Crippen molar-refractivity contribution in [3.05, 3.63) is 11.8 Å². The van der Waals surface area contributed by atoms with Crippen molar-refractivity contribution >= 4 is 0 Å². The summed E-state index contributed by atoms with van der Waals surface area (Å²) in [6.07, 6.45) is 2.00. The van der Waals surface area contributed by atoms with Crippen LogP contribution in [0, 0.1) is 0 Å². The second-order valence-corrected chi connectivity index (χ2v) is 1.35. The highest BCUT2D eigenvalue weighted by Gasteiger charge is 1.74. The molecule has 0 radical (unpaired) electrons. The maximum absolute atomic E-state index is 2.91. The van der Waals surface area contributed by atoms with E-state index in [1.807, 2.05) is 27.0 Å². The molecule has 0 aliphatic heterocycles. The number of hydrazine groups is 1. The lowest BCUT2D eigenvalue weighted by molar-refractivity contribution is 0.688. The standard InChI is InChI=1S/C5H12N2/c1-4-5(2)7-6-3/h4,6-7H,1-3H3. The summed E-state index contributed by atoms with van der Waals surface area (Å²) >= 11 is 0. The van der Waals surface area contributed by atoms with Gasteiger partial charge >= 0.3 is 0 Å². The Labute approximate surface area is 44.6 Å². The minimum Gasteiger partial charge on any atom is -0.326 e. The van der Waals surface area contributed by atoms with E-state index in [0.717, 1.165) is 5.70 Å². The molecule has 0 bridgehead atoms. The molecule has 0 aliphatic carbocycles. The first-order valence-corrected chi connectivity index (χ1v) is 2.37. The lowest BCUT2D eigenvalue weighted by atomic mass is 10.5. The van der Waals surface area contributed by atoms with Crippen molar-refractivity contribution in [2.75, 3.05) is 7.05 Å². The van der Waals surface area contributed by atoms with E-state index >= 15 is 0 Å². The number of allylic oxidation sites excluding steroid dienone is 2. The second-order valence-electron chi connectivity index (χ2n) is 1.35. The van der Waals surface area contributed by atoms with Gasteiger partial charge in [0.25, 0.3) is 0 Å². The fourth-order valence-corrected chi connectivity index (χ4v) is 0.269. The minimum atomic E-state index is 1.14. The molecule has 0 amide bonds. The van der Waals surface area contributed by atoms with Gasteiger partial charge in [0.1, 0.15) is 0 Å². The Morgan fingerprint density at radius 1 is 1.57 bits per heavy atom. The quantitative estimate of drug-likeness (QED) is 0.497. The average molecular weight is 100 g/mol. The molecule has 0 aromatic carbocycles. The van der Waals surface area contributed by atoms with E-state index in [2.05, 4.69) is 10.9 Å². The highest BCUT2D eigenvalue weighted by Crippen LogP contribution is 1.78. The van der Waals surface area contributed by atoms with Crippen molar-refractivity contribution in [1.29, 1.82) is 0 Å². The first kappa shape index (κ1) is 6.50. The van der Waals surface area contributed by atoms with E-state index in [1.54, 1.807) is 0 Å². The number of hydrogen-bond acceptors (Lipinski definition) is 2. The fraction of sp³-hybridized carbons (Fsp3) is 0.600. The molecule has 0 aromatic heterocycles. The van der Waals surface area contributed by atoms with Crippen LogP contribution in [0.4, 0.5) is 0 Å². The van der Waals surface area contributed by atoms with Crippen LogP contribution in [0.2, 0.25) is 0 Å². The summed E-state index contributed by atoms with van der Waals surface area (Å²) in [7, 11) is 1.84. The summed E-state index contributed by atoms with van der Waals surface area (Å²) in [6.45, 7) is 3.98. The van der Waals surface area contributed by atoms with Crippen LogP contribution in [0.25, 0.3) is 0 Å². The van der Waals surface area contributed by atoms with E-state index in [4.69, 9.17) is 0 Å². The summed E-state index contributed by atoms with van der Waals surface area (Å²) in [6, 6.07) is 0. The highest BCUT2D eigenvalue weighted by atomic mass is 15.3. The van der Waals surface area contributed by atoms with Crippen molar-refractivity contribution in [1.82, 2.24) is 10.9 Å². The Hall–Kier alpha value is -0.500. The van der Waals surface area contributed by atoms with Gasteiger partial charge in [0, 0.05) is 12.7 Å². The van der Waals surface area contributed by atoms with Gasteiger partial charge in [0.2, 0.25) is 0 Å². The number of nitrogens with one attached hydrogen (secondary N) is 2. The predicted octanol–water partition coefficient (Wildman–Crippen LogP) is 0.634. The molecule has 0 rings (SSSR count). The maximum atomic E-state index is 2.91. The first-order chi connectivity index (χ1) is 3.31. The van der Waals surface area contributed by atoms with Gasteiger partial charge in [-0.05, 0) is 13.8 Å². The molecule has 0 heterocycles. The number of hydrogen-bond donors (Lipinski definition) is 2. The Kier molecular flexibility index (Phi) is 3.42. The second kappa shape index (κ2) is 3.68. The van der Waals surface area contributed by atoms with Gasteiger partial charge in [0.15, 0.2) is 0 Å². The van der Waals surface area contributed by atoms with Gasteiger partial charge in [-0.1, -0.05) is 6.08 Å². The van der Waals surface area contributed by atoms with Crippen LogP contribution in [-0.2, 0) is 0 Å². The predicted molar refractivity (Wildman–Crippen MR) is 31.6 cm³/mol. The molecule has 0 fully saturated rings. The van der Waals surface area contributed by atoms with Gasteiger partial charge in [-0.2, -0.15) is 0 Å². The van der Waals surface area contributed by atoms with E-state index in [9.17, 15) is 0 Å². The van der Waals surface area contributed by atoms with Gasteiger partial charge in [-0.3, -0.25) is 0 Å². The third-order valence-electron chi connectivity index (χ3n) is 0.755. The lowest BCUT2D eigenvalue weighted by Gasteiger charge is -1.99. The largest absolute Gasteiger partial charge is 0.326 e.